The molecule has 0 aliphatic carbocycles. The molecule has 19 heteroatoms. The predicted molar refractivity (Wildman–Crippen MR) is 247 cm³/mol. The Morgan fingerprint density at radius 1 is 1.15 bits per heavy atom. The standard InChI is InChI=1S/C47H60N8O8SSi.Cs/c1-9-54-36-15-14-30-20-32(36)33(40(54)31-12-10-16-48-38(31)29(4)60-8)21-45(5,6)25-62-42(57)34-13-11-17-55(51-34)43(58)47(65,22-37-49-35(30)23-64-37)50-41(56)39(28(2)3)52(7)44(59)53-18-19-63-46(24-53)26-61-27-46;/h10,12,14-16,20,23,28-29,34,39,51H,4,9,11,13,17-19,21-22,24-27H2,1-3,5-8H3,(H,50,56);/q-1;+1/t29-,34-,39-,47-;/m0./s1. The van der Waals surface area contributed by atoms with E-state index < -0.39 is 52.1 Å². The Hall–Kier alpha value is -2.67. The number of amides is 4. The summed E-state index contributed by atoms with van der Waals surface area (Å²) in [7, 11) is 7.05. The average Bonchev–Trinajstić information content (AvgIpc) is 3.87. The number of carbonyl (C=O) groups is 4. The number of nitrogens with zero attached hydrogens (tertiary/aromatic N) is 6. The number of hydrogen-bond acceptors (Lipinski definition) is 12. The fourth-order valence-corrected chi connectivity index (χ4v) is 11.0. The van der Waals surface area contributed by atoms with Crippen molar-refractivity contribution in [2.75, 3.05) is 60.2 Å². The van der Waals surface area contributed by atoms with Gasteiger partial charge in [0, 0.05) is 84.9 Å². The van der Waals surface area contributed by atoms with Gasteiger partial charge >= 0.3 is 80.9 Å². The van der Waals surface area contributed by atoms with Gasteiger partial charge in [-0.15, -0.1) is 11.3 Å². The van der Waals surface area contributed by atoms with Crippen molar-refractivity contribution in [3.8, 4) is 22.5 Å². The first kappa shape index (κ1) is 51.2. The van der Waals surface area contributed by atoms with Crippen LogP contribution in [-0.2, 0) is 52.7 Å². The minimum atomic E-state index is -1.73. The topological polar surface area (TPSA) is 170 Å². The fourth-order valence-electron chi connectivity index (χ4n) is 9.60. The van der Waals surface area contributed by atoms with Gasteiger partial charge in [-0.25, -0.2) is 15.2 Å². The third-order valence-corrected chi connectivity index (χ3v) is 14.3. The first-order chi connectivity index (χ1) is 31.0. The number of hydrazine groups is 1. The smallest absolute Gasteiger partial charge is 0.464 e. The maximum atomic E-state index is 14.9. The molecule has 4 amide bonds. The second-order valence-electron chi connectivity index (χ2n) is 18.9. The van der Waals surface area contributed by atoms with Crippen molar-refractivity contribution in [3.05, 3.63) is 65.1 Å². The number of nitrogens with one attached hydrogen (secondary N) is 2. The van der Waals surface area contributed by atoms with E-state index in [1.165, 1.54) is 21.2 Å². The second-order valence-corrected chi connectivity index (χ2v) is 20.7. The molecule has 3 aromatic heterocycles. The van der Waals surface area contributed by atoms with Gasteiger partial charge < -0.3 is 45.6 Å². The van der Waals surface area contributed by atoms with Crippen LogP contribution >= 0.6 is 11.3 Å². The van der Waals surface area contributed by atoms with Crippen LogP contribution in [0.25, 0.3) is 33.4 Å². The first-order valence-electron chi connectivity index (χ1n) is 22.4. The molecule has 66 heavy (non-hydrogen) atoms. The van der Waals surface area contributed by atoms with Crippen LogP contribution in [0.3, 0.4) is 0 Å². The van der Waals surface area contributed by atoms with Crippen LogP contribution in [0.2, 0.25) is 0 Å². The number of carbonyl (C=O) groups excluding carboxylic acids is 4. The zero-order valence-corrected chi connectivity index (χ0v) is 47.5. The molecule has 3 saturated heterocycles. The van der Waals surface area contributed by atoms with E-state index in [4.69, 9.17) is 28.9 Å². The number of fused-ring (bicyclic) bond motifs is 6. The van der Waals surface area contributed by atoms with Crippen molar-refractivity contribution in [3.63, 3.8) is 0 Å². The van der Waals surface area contributed by atoms with Crippen LogP contribution in [0.5, 0.6) is 0 Å². The van der Waals surface area contributed by atoms with E-state index in [2.05, 4.69) is 77.5 Å². The van der Waals surface area contributed by atoms with E-state index in [1.807, 2.05) is 25.3 Å². The molecule has 8 rings (SSSR count). The molecule has 16 nitrogen and oxygen atoms in total. The van der Waals surface area contributed by atoms with Crippen molar-refractivity contribution in [2.45, 2.75) is 95.8 Å². The number of aromatic nitrogens is 3. The Balaban J connectivity index is 0.00000648. The minimum Gasteiger partial charge on any atom is -0.464 e. The normalized spacial score (nSPS) is 22.8. The van der Waals surface area contributed by atoms with E-state index in [-0.39, 0.29) is 100 Å². The second kappa shape index (κ2) is 20.7. The first-order valence-corrected chi connectivity index (χ1v) is 23.8. The number of morpholine rings is 1. The summed E-state index contributed by atoms with van der Waals surface area (Å²) < 4.78 is 25.5. The van der Waals surface area contributed by atoms with Gasteiger partial charge in [-0.2, -0.15) is 0 Å². The molecule has 4 atom stereocenters. The molecule has 0 unspecified atom stereocenters. The number of likely N-dealkylation sites (N-methyl/N-ethyl adjacent to an activating group) is 1. The molecule has 3 radical (unpaired) electrons. The van der Waals surface area contributed by atoms with Gasteiger partial charge in [0.2, 0.25) is 5.91 Å². The van der Waals surface area contributed by atoms with Crippen molar-refractivity contribution < 1.29 is 107 Å². The Morgan fingerprint density at radius 3 is 2.62 bits per heavy atom. The number of pyridine rings is 1. The average molecular weight is 1060 g/mol. The predicted octanol–water partition coefficient (Wildman–Crippen LogP) is 1.69. The number of thiazole rings is 1. The van der Waals surface area contributed by atoms with E-state index >= 15 is 0 Å². The van der Waals surface area contributed by atoms with E-state index in [0.717, 1.165) is 39.0 Å². The SMILES string of the molecule is [CH2-][C@H](OC)c1ncccc1-c1c2c3cc(ccc3n1CC)-c1csc(n1)C[C@@]([Si])(NC(=O)[C@H](C(C)C)N(C)C(=O)N1CCOC3(COC3)C1)C(=O)N1CCC[C@H](N1)C(=O)OCC(C)(C)C2.[Cs+]. The van der Waals surface area contributed by atoms with Gasteiger partial charge in [0.05, 0.1) is 59.6 Å². The third kappa shape index (κ3) is 10.3. The summed E-state index contributed by atoms with van der Waals surface area (Å²) in [6.45, 7) is 17.2. The quantitative estimate of drug-likeness (QED) is 0.150. The van der Waals surface area contributed by atoms with Crippen molar-refractivity contribution in [1.82, 2.24) is 40.1 Å². The molecule has 3 fully saturated rings. The monoisotopic (exact) mass is 1060 g/mol. The van der Waals surface area contributed by atoms with Crippen molar-refractivity contribution in [2.24, 2.45) is 11.3 Å². The maximum Gasteiger partial charge on any atom is 1.00 e. The molecular formula is C47H60CsN8O8SSi. The number of methoxy groups -OCH3 is 1. The number of cyclic esters (lactones) is 1. The molecule has 4 aliphatic rings. The minimum absolute atomic E-state index is 0. The van der Waals surface area contributed by atoms with Gasteiger partial charge in [0.1, 0.15) is 22.8 Å². The Morgan fingerprint density at radius 2 is 1.92 bits per heavy atom. The van der Waals surface area contributed by atoms with Crippen molar-refractivity contribution >= 4 is 56.3 Å². The molecule has 1 aromatic carbocycles. The summed E-state index contributed by atoms with van der Waals surface area (Å²) >= 11 is 1.38. The summed E-state index contributed by atoms with van der Waals surface area (Å²) in [5.74, 6) is -1.84. The third-order valence-electron chi connectivity index (χ3n) is 13.0. The van der Waals surface area contributed by atoms with E-state index in [1.54, 1.807) is 25.3 Å². The molecule has 7 heterocycles. The Kier molecular flexibility index (Phi) is 16.1. The number of hydrogen-bond donors (Lipinski definition) is 2. The number of benzene rings is 1. The zero-order valence-electron chi connectivity index (χ0n) is 39.4. The van der Waals surface area contributed by atoms with Crippen molar-refractivity contribution in [1.29, 1.82) is 0 Å². The number of esters is 1. The molecule has 347 valence electrons. The summed E-state index contributed by atoms with van der Waals surface area (Å²) in [4.78, 5) is 70.5. The number of urea groups is 1. The van der Waals surface area contributed by atoms with E-state index in [0.29, 0.717) is 69.4 Å². The number of aryl methyl sites for hydroxylation is 1. The van der Waals surface area contributed by atoms with Crippen LogP contribution in [-0.4, -0.2) is 146 Å². The maximum absolute atomic E-state index is 14.9. The van der Waals surface area contributed by atoms with Gasteiger partial charge in [0.25, 0.3) is 5.91 Å². The van der Waals surface area contributed by atoms with Gasteiger partial charge in [0.15, 0.2) is 0 Å². The molecule has 4 aliphatic heterocycles. The van der Waals surface area contributed by atoms with Gasteiger partial charge in [-0.3, -0.25) is 24.4 Å². The fraction of sp³-hybridized carbons (Fsp3) is 0.553. The molecule has 1 spiro atoms. The summed E-state index contributed by atoms with van der Waals surface area (Å²) in [6, 6.07) is 8.21. The van der Waals surface area contributed by atoms with Crippen LogP contribution < -0.4 is 79.6 Å². The van der Waals surface area contributed by atoms with Crippen LogP contribution in [0.4, 0.5) is 4.79 Å². The largest absolute Gasteiger partial charge is 1.00 e. The van der Waals surface area contributed by atoms with Crippen LogP contribution in [0, 0.1) is 18.3 Å². The summed E-state index contributed by atoms with van der Waals surface area (Å²) in [6.07, 6.45) is 2.73. The number of rotatable bonds is 8. The number of ether oxygens (including phenoxy) is 4. The van der Waals surface area contributed by atoms with Gasteiger partial charge in [-0.1, -0.05) is 33.8 Å². The molecule has 2 N–H and O–H groups in total. The van der Waals surface area contributed by atoms with Crippen LogP contribution in [0.15, 0.2) is 41.9 Å². The molecule has 0 saturated carbocycles. The summed E-state index contributed by atoms with van der Waals surface area (Å²) in [5.41, 5.74) is 8.39. The Bertz CT molecular complexity index is 2460. The molecule has 4 aromatic rings. The van der Waals surface area contributed by atoms with Crippen LogP contribution in [0.1, 0.15) is 69.8 Å². The molecular weight excluding hydrogens is 998 g/mol. The van der Waals surface area contributed by atoms with E-state index in [9.17, 15) is 19.2 Å². The molecule has 6 bridgehead atoms. The van der Waals surface area contributed by atoms with Gasteiger partial charge in [-0.05, 0) is 68.0 Å². The zero-order chi connectivity index (χ0) is 46.4. The Labute approximate surface area is 453 Å². The summed E-state index contributed by atoms with van der Waals surface area (Å²) in [5, 5.41) is 6.25.